The van der Waals surface area contributed by atoms with Crippen LogP contribution in [0.25, 0.3) is 0 Å². The molecule has 6 heteroatoms. The maximum atomic E-state index is 12.7. The van der Waals surface area contributed by atoms with Crippen molar-refractivity contribution in [1.82, 2.24) is 0 Å². The van der Waals surface area contributed by atoms with Gasteiger partial charge in [0.1, 0.15) is 13.2 Å². The summed E-state index contributed by atoms with van der Waals surface area (Å²) < 4.78 is 16.7. The maximum absolute atomic E-state index is 12.7. The van der Waals surface area contributed by atoms with E-state index < -0.39 is 6.10 Å². The van der Waals surface area contributed by atoms with Gasteiger partial charge in [0, 0.05) is 19.3 Å². The number of carbonyl (C=O) groups is 3. The summed E-state index contributed by atoms with van der Waals surface area (Å²) in [6.07, 6.45) is 50.2. The first-order chi connectivity index (χ1) is 27.5. The van der Waals surface area contributed by atoms with Crippen molar-refractivity contribution in [2.24, 2.45) is 0 Å². The van der Waals surface area contributed by atoms with Crippen LogP contribution >= 0.6 is 0 Å². The van der Waals surface area contributed by atoms with Crippen LogP contribution in [0.1, 0.15) is 258 Å². The molecule has 0 heterocycles. The predicted octanol–water partition coefficient (Wildman–Crippen LogP) is 15.6. The minimum Gasteiger partial charge on any atom is -0.462 e. The smallest absolute Gasteiger partial charge is 0.306 e. The van der Waals surface area contributed by atoms with E-state index >= 15 is 0 Å². The van der Waals surface area contributed by atoms with E-state index in [1.54, 1.807) is 0 Å². The van der Waals surface area contributed by atoms with E-state index in [1.165, 1.54) is 148 Å². The molecule has 0 saturated heterocycles. The Morgan fingerprint density at radius 1 is 0.339 bits per heavy atom. The minimum absolute atomic E-state index is 0.0734. The van der Waals surface area contributed by atoms with Crippen LogP contribution < -0.4 is 0 Å². The molecule has 0 N–H and O–H groups in total. The summed E-state index contributed by atoms with van der Waals surface area (Å²) in [5.74, 6) is -0.884. The summed E-state index contributed by atoms with van der Waals surface area (Å²) in [7, 11) is 0. The number of allylic oxidation sites excluding steroid dienone is 4. The zero-order chi connectivity index (χ0) is 40.8. The van der Waals surface area contributed by atoms with Gasteiger partial charge < -0.3 is 14.2 Å². The molecule has 1 unspecified atom stereocenters. The van der Waals surface area contributed by atoms with Gasteiger partial charge in [-0.3, -0.25) is 14.4 Å². The number of hydrogen-bond donors (Lipinski definition) is 0. The largest absolute Gasteiger partial charge is 0.462 e. The number of ether oxygens (including phenoxy) is 3. The second kappa shape index (κ2) is 45.6. The number of hydrogen-bond acceptors (Lipinski definition) is 6. The highest BCUT2D eigenvalue weighted by Crippen LogP contribution is 2.15. The van der Waals surface area contributed by atoms with Crippen molar-refractivity contribution in [3.63, 3.8) is 0 Å². The third kappa shape index (κ3) is 43.0. The molecule has 0 fully saturated rings. The van der Waals surface area contributed by atoms with Gasteiger partial charge in [-0.1, -0.05) is 199 Å². The molecule has 0 rings (SSSR count). The Bertz CT molecular complexity index is 911. The molecular formula is C50H92O6. The Balaban J connectivity index is 4.27. The molecule has 328 valence electrons. The van der Waals surface area contributed by atoms with Gasteiger partial charge in [-0.25, -0.2) is 0 Å². The van der Waals surface area contributed by atoms with Gasteiger partial charge in [0.2, 0.25) is 0 Å². The SMILES string of the molecule is CCCC/C=C\CCCCCCCC(=O)OC(COC(=O)CCCCCCCCC/C=C\CCCCCCCCC)COC(=O)CCCCCCCCCCC. The van der Waals surface area contributed by atoms with Gasteiger partial charge in [-0.05, 0) is 64.2 Å². The lowest BCUT2D eigenvalue weighted by molar-refractivity contribution is -0.167. The average Bonchev–Trinajstić information content (AvgIpc) is 3.19. The molecule has 0 aliphatic carbocycles. The van der Waals surface area contributed by atoms with Gasteiger partial charge in [0.15, 0.2) is 6.10 Å². The molecule has 0 aliphatic heterocycles. The van der Waals surface area contributed by atoms with E-state index in [9.17, 15) is 14.4 Å². The molecule has 0 spiro atoms. The molecule has 0 amide bonds. The maximum Gasteiger partial charge on any atom is 0.306 e. The first-order valence-electron chi connectivity index (χ1n) is 24.3. The van der Waals surface area contributed by atoms with E-state index in [-0.39, 0.29) is 31.1 Å². The van der Waals surface area contributed by atoms with Gasteiger partial charge in [0.25, 0.3) is 0 Å². The van der Waals surface area contributed by atoms with Gasteiger partial charge in [0.05, 0.1) is 0 Å². The summed E-state index contributed by atoms with van der Waals surface area (Å²) in [6.45, 7) is 6.58. The van der Waals surface area contributed by atoms with E-state index in [0.717, 1.165) is 70.6 Å². The lowest BCUT2D eigenvalue weighted by Gasteiger charge is -2.18. The van der Waals surface area contributed by atoms with Crippen LogP contribution in [-0.4, -0.2) is 37.2 Å². The first-order valence-corrected chi connectivity index (χ1v) is 24.3. The number of unbranched alkanes of at least 4 members (excludes halogenated alkanes) is 29. The fourth-order valence-electron chi connectivity index (χ4n) is 6.95. The van der Waals surface area contributed by atoms with E-state index in [2.05, 4.69) is 45.1 Å². The van der Waals surface area contributed by atoms with Crippen molar-refractivity contribution < 1.29 is 28.6 Å². The first kappa shape index (κ1) is 53.9. The number of carbonyl (C=O) groups excluding carboxylic acids is 3. The quantitative estimate of drug-likeness (QED) is 0.0265. The molecule has 0 saturated carbocycles. The van der Waals surface area contributed by atoms with E-state index in [4.69, 9.17) is 14.2 Å². The molecule has 0 aromatic carbocycles. The van der Waals surface area contributed by atoms with Crippen LogP contribution in [0.15, 0.2) is 24.3 Å². The monoisotopic (exact) mass is 789 g/mol. The van der Waals surface area contributed by atoms with Crippen molar-refractivity contribution in [3.05, 3.63) is 24.3 Å². The normalized spacial score (nSPS) is 12.1. The zero-order valence-electron chi connectivity index (χ0n) is 37.4. The Kier molecular flexibility index (Phi) is 43.9. The van der Waals surface area contributed by atoms with E-state index in [0.29, 0.717) is 19.3 Å². The van der Waals surface area contributed by atoms with Crippen molar-refractivity contribution in [1.29, 1.82) is 0 Å². The van der Waals surface area contributed by atoms with Crippen LogP contribution in [0, 0.1) is 0 Å². The summed E-state index contributed by atoms with van der Waals surface area (Å²) in [5.41, 5.74) is 0. The second-order valence-electron chi connectivity index (χ2n) is 16.4. The van der Waals surface area contributed by atoms with Crippen molar-refractivity contribution in [2.75, 3.05) is 13.2 Å². The lowest BCUT2D eigenvalue weighted by atomic mass is 10.1. The van der Waals surface area contributed by atoms with Crippen LogP contribution in [0.4, 0.5) is 0 Å². The van der Waals surface area contributed by atoms with Gasteiger partial charge in [-0.15, -0.1) is 0 Å². The Morgan fingerprint density at radius 3 is 0.946 bits per heavy atom. The molecule has 0 radical (unpaired) electrons. The standard InChI is InChI=1S/C50H92O6/c1-4-7-10-13-16-19-21-22-23-24-25-26-27-29-31-34-37-40-43-49(52)55-46-47(45-54-48(51)42-39-36-33-30-18-15-12-9-6-3)56-50(53)44-41-38-35-32-28-20-17-14-11-8-5-2/h14,17,23-24,47H,4-13,15-16,18-22,25-46H2,1-3H3/b17-14-,24-23-. The van der Waals surface area contributed by atoms with E-state index in [1.807, 2.05) is 0 Å². The number of rotatable bonds is 44. The van der Waals surface area contributed by atoms with Crippen molar-refractivity contribution in [2.45, 2.75) is 264 Å². The highest BCUT2D eigenvalue weighted by molar-refractivity contribution is 5.71. The zero-order valence-corrected chi connectivity index (χ0v) is 37.4. The van der Waals surface area contributed by atoms with Gasteiger partial charge in [-0.2, -0.15) is 0 Å². The summed E-state index contributed by atoms with van der Waals surface area (Å²) in [6, 6.07) is 0. The molecule has 0 aromatic rings. The molecule has 0 aliphatic rings. The highest BCUT2D eigenvalue weighted by atomic mass is 16.6. The third-order valence-electron chi connectivity index (χ3n) is 10.7. The predicted molar refractivity (Wildman–Crippen MR) is 238 cm³/mol. The molecule has 6 nitrogen and oxygen atoms in total. The fraction of sp³-hybridized carbons (Fsp3) is 0.860. The number of esters is 3. The fourth-order valence-corrected chi connectivity index (χ4v) is 6.95. The summed E-state index contributed by atoms with van der Waals surface area (Å²) >= 11 is 0. The third-order valence-corrected chi connectivity index (χ3v) is 10.7. The van der Waals surface area contributed by atoms with Crippen molar-refractivity contribution >= 4 is 17.9 Å². The molecule has 1 atom stereocenters. The second-order valence-corrected chi connectivity index (χ2v) is 16.4. The Hall–Kier alpha value is -2.11. The minimum atomic E-state index is -0.770. The summed E-state index contributed by atoms with van der Waals surface area (Å²) in [5, 5.41) is 0. The average molecular weight is 789 g/mol. The Labute approximate surface area is 347 Å². The van der Waals surface area contributed by atoms with Crippen LogP contribution in [-0.2, 0) is 28.6 Å². The summed E-state index contributed by atoms with van der Waals surface area (Å²) in [4.78, 5) is 37.7. The lowest BCUT2D eigenvalue weighted by Crippen LogP contribution is -2.30. The van der Waals surface area contributed by atoms with Crippen molar-refractivity contribution in [3.8, 4) is 0 Å². The molecule has 56 heavy (non-hydrogen) atoms. The topological polar surface area (TPSA) is 78.9 Å². The molecule has 0 aromatic heterocycles. The molecule has 0 bridgehead atoms. The van der Waals surface area contributed by atoms with Gasteiger partial charge >= 0.3 is 17.9 Å². The van der Waals surface area contributed by atoms with Crippen LogP contribution in [0.3, 0.4) is 0 Å². The van der Waals surface area contributed by atoms with Crippen LogP contribution in [0.2, 0.25) is 0 Å². The Morgan fingerprint density at radius 2 is 0.607 bits per heavy atom. The molecular weight excluding hydrogens is 697 g/mol. The highest BCUT2D eigenvalue weighted by Gasteiger charge is 2.19. The van der Waals surface area contributed by atoms with Crippen LogP contribution in [0.5, 0.6) is 0 Å².